The second kappa shape index (κ2) is 6.79. The minimum Gasteiger partial charge on any atom is -0.485 e. The van der Waals surface area contributed by atoms with Gasteiger partial charge in [-0.25, -0.2) is 13.8 Å². The van der Waals surface area contributed by atoms with Crippen LogP contribution in [0.2, 0.25) is 0 Å². The fourth-order valence-electron chi connectivity index (χ4n) is 3.47. The summed E-state index contributed by atoms with van der Waals surface area (Å²) in [6.07, 6.45) is 0.323. The van der Waals surface area contributed by atoms with E-state index in [4.69, 9.17) is 4.74 Å². The van der Waals surface area contributed by atoms with E-state index >= 15 is 0 Å². The molecule has 0 amide bonds. The second-order valence-electron chi connectivity index (χ2n) is 6.79. The molecule has 142 valence electrons. The summed E-state index contributed by atoms with van der Waals surface area (Å²) in [7, 11) is 0. The Labute approximate surface area is 159 Å². The highest BCUT2D eigenvalue weighted by molar-refractivity contribution is 5.86. The number of aromatic nitrogens is 4. The van der Waals surface area contributed by atoms with Crippen LogP contribution in [-0.4, -0.2) is 44.9 Å². The number of rotatable bonds is 3. The van der Waals surface area contributed by atoms with Gasteiger partial charge in [-0.1, -0.05) is 18.2 Å². The monoisotopic (exact) mass is 381 g/mol. The van der Waals surface area contributed by atoms with Gasteiger partial charge in [0.05, 0.1) is 0 Å². The van der Waals surface area contributed by atoms with Gasteiger partial charge in [0.1, 0.15) is 35.1 Å². The summed E-state index contributed by atoms with van der Waals surface area (Å²) in [5.74, 6) is 0.559. The molecule has 1 fully saturated rings. The molecule has 3 aromatic heterocycles. The van der Waals surface area contributed by atoms with E-state index in [0.29, 0.717) is 41.4 Å². The van der Waals surface area contributed by atoms with Gasteiger partial charge in [-0.05, 0) is 37.2 Å². The molecule has 1 aliphatic rings. The van der Waals surface area contributed by atoms with Crippen LogP contribution in [-0.2, 0) is 0 Å². The molecule has 1 N–H and O–H groups in total. The molecule has 6 nitrogen and oxygen atoms in total. The van der Waals surface area contributed by atoms with Gasteiger partial charge in [0.15, 0.2) is 11.5 Å². The average Bonchev–Trinajstić information content (AvgIpc) is 3.12. The largest absolute Gasteiger partial charge is 0.485 e. The van der Waals surface area contributed by atoms with Crippen molar-refractivity contribution in [1.29, 1.82) is 0 Å². The molecule has 0 spiro atoms. The molecule has 0 bridgehead atoms. The van der Waals surface area contributed by atoms with E-state index in [1.54, 1.807) is 22.6 Å². The SMILES string of the molecule is Fc1ccc2nnc(-c3ccc4cccc(O[C@H]5CCNC[C@H]5F)c4n3)n2c1. The zero-order valence-electron chi connectivity index (χ0n) is 14.8. The lowest BCUT2D eigenvalue weighted by atomic mass is 10.1. The van der Waals surface area contributed by atoms with Gasteiger partial charge in [-0.2, -0.15) is 0 Å². The van der Waals surface area contributed by atoms with E-state index in [9.17, 15) is 8.78 Å². The number of fused-ring (bicyclic) bond motifs is 2. The van der Waals surface area contributed by atoms with E-state index in [2.05, 4.69) is 20.5 Å². The van der Waals surface area contributed by atoms with E-state index in [1.807, 2.05) is 18.2 Å². The quantitative estimate of drug-likeness (QED) is 0.591. The number of halogens is 2. The predicted molar refractivity (Wildman–Crippen MR) is 100 cm³/mol. The molecule has 1 aliphatic heterocycles. The van der Waals surface area contributed by atoms with Crippen LogP contribution in [0, 0.1) is 5.82 Å². The summed E-state index contributed by atoms with van der Waals surface area (Å²) in [5.41, 5.74) is 1.67. The van der Waals surface area contributed by atoms with Crippen LogP contribution in [0.4, 0.5) is 8.78 Å². The van der Waals surface area contributed by atoms with Gasteiger partial charge >= 0.3 is 0 Å². The van der Waals surface area contributed by atoms with Crippen LogP contribution >= 0.6 is 0 Å². The van der Waals surface area contributed by atoms with Crippen LogP contribution in [0.5, 0.6) is 5.75 Å². The number of para-hydroxylation sites is 1. The predicted octanol–water partition coefficient (Wildman–Crippen LogP) is 3.16. The standard InChI is InChI=1S/C20H17F2N5O/c21-13-5-7-18-25-26-20(27(18)11-13)15-6-4-12-2-1-3-17(19(12)24-15)28-16-8-9-23-10-14(16)22/h1-7,11,14,16,23H,8-10H2/t14-,16+/m1/s1. The number of piperidine rings is 1. The lowest BCUT2D eigenvalue weighted by molar-refractivity contribution is 0.0742. The maximum Gasteiger partial charge on any atom is 0.187 e. The fourth-order valence-corrected chi connectivity index (χ4v) is 3.47. The molecule has 1 saturated heterocycles. The van der Waals surface area contributed by atoms with Crippen LogP contribution in [0.3, 0.4) is 0 Å². The van der Waals surface area contributed by atoms with Crippen molar-refractivity contribution in [3.8, 4) is 17.3 Å². The lowest BCUT2D eigenvalue weighted by Gasteiger charge is -2.27. The van der Waals surface area contributed by atoms with Crippen LogP contribution in [0.15, 0.2) is 48.7 Å². The highest BCUT2D eigenvalue weighted by Crippen LogP contribution is 2.29. The molecule has 4 heterocycles. The number of ether oxygens (including phenoxy) is 1. The number of pyridine rings is 2. The van der Waals surface area contributed by atoms with Crippen molar-refractivity contribution < 1.29 is 13.5 Å². The van der Waals surface area contributed by atoms with Crippen molar-refractivity contribution in [1.82, 2.24) is 24.9 Å². The fraction of sp³-hybridized carbons (Fsp3) is 0.250. The molecule has 0 aliphatic carbocycles. The Morgan fingerprint density at radius 3 is 2.93 bits per heavy atom. The van der Waals surface area contributed by atoms with Crippen molar-refractivity contribution in [3.63, 3.8) is 0 Å². The molecule has 5 rings (SSSR count). The Hall–Kier alpha value is -3.13. The van der Waals surface area contributed by atoms with E-state index < -0.39 is 18.1 Å². The van der Waals surface area contributed by atoms with Gasteiger partial charge in [0, 0.05) is 18.1 Å². The second-order valence-corrected chi connectivity index (χ2v) is 6.79. The minimum absolute atomic E-state index is 0.283. The number of nitrogens with one attached hydrogen (secondary N) is 1. The third kappa shape index (κ3) is 2.95. The Bertz CT molecular complexity index is 1160. The Morgan fingerprint density at radius 2 is 2.04 bits per heavy atom. The molecule has 0 unspecified atom stereocenters. The van der Waals surface area contributed by atoms with Crippen molar-refractivity contribution in [2.75, 3.05) is 13.1 Å². The summed E-state index contributed by atoms with van der Waals surface area (Å²) in [4.78, 5) is 4.68. The number of hydrogen-bond acceptors (Lipinski definition) is 5. The zero-order valence-corrected chi connectivity index (χ0v) is 14.8. The Balaban J connectivity index is 1.59. The van der Waals surface area contributed by atoms with E-state index in [1.165, 1.54) is 12.3 Å². The molecule has 8 heteroatoms. The zero-order chi connectivity index (χ0) is 19.1. The number of hydrogen-bond donors (Lipinski definition) is 1. The number of nitrogens with zero attached hydrogens (tertiary/aromatic N) is 4. The number of alkyl halides is 1. The Kier molecular flexibility index (Phi) is 4.12. The molecule has 0 radical (unpaired) electrons. The summed E-state index contributed by atoms with van der Waals surface area (Å²) < 4.78 is 35.4. The van der Waals surface area contributed by atoms with Crippen molar-refractivity contribution in [2.24, 2.45) is 0 Å². The molecule has 1 aromatic carbocycles. The molecular weight excluding hydrogens is 364 g/mol. The maximum atomic E-state index is 14.2. The van der Waals surface area contributed by atoms with Gasteiger partial charge in [-0.15, -0.1) is 10.2 Å². The summed E-state index contributed by atoms with van der Waals surface area (Å²) in [6, 6.07) is 12.1. The maximum absolute atomic E-state index is 14.2. The Morgan fingerprint density at radius 1 is 1.11 bits per heavy atom. The highest BCUT2D eigenvalue weighted by atomic mass is 19.1. The molecule has 4 aromatic rings. The first-order chi connectivity index (χ1) is 13.7. The third-order valence-electron chi connectivity index (χ3n) is 4.91. The summed E-state index contributed by atoms with van der Waals surface area (Å²) >= 11 is 0. The molecule has 28 heavy (non-hydrogen) atoms. The first kappa shape index (κ1) is 17.0. The van der Waals surface area contributed by atoms with Gasteiger partial charge in [-0.3, -0.25) is 4.40 Å². The topological polar surface area (TPSA) is 64.3 Å². The molecular formula is C20H17F2N5O. The minimum atomic E-state index is -1.07. The highest BCUT2D eigenvalue weighted by Gasteiger charge is 2.27. The van der Waals surface area contributed by atoms with Crippen LogP contribution in [0.1, 0.15) is 6.42 Å². The van der Waals surface area contributed by atoms with Crippen molar-refractivity contribution in [2.45, 2.75) is 18.7 Å². The number of benzene rings is 1. The smallest absolute Gasteiger partial charge is 0.187 e. The lowest BCUT2D eigenvalue weighted by Crippen LogP contribution is -2.44. The van der Waals surface area contributed by atoms with Crippen molar-refractivity contribution in [3.05, 3.63) is 54.5 Å². The van der Waals surface area contributed by atoms with Crippen LogP contribution in [0.25, 0.3) is 28.1 Å². The average molecular weight is 381 g/mol. The van der Waals surface area contributed by atoms with E-state index in [-0.39, 0.29) is 6.54 Å². The van der Waals surface area contributed by atoms with E-state index in [0.717, 1.165) is 5.39 Å². The molecule has 2 atom stereocenters. The first-order valence-electron chi connectivity index (χ1n) is 9.11. The van der Waals surface area contributed by atoms with Gasteiger partial charge in [0.25, 0.3) is 0 Å². The summed E-state index contributed by atoms with van der Waals surface area (Å²) in [6.45, 7) is 0.997. The first-order valence-corrected chi connectivity index (χ1v) is 9.11. The van der Waals surface area contributed by atoms with Crippen molar-refractivity contribution >= 4 is 16.6 Å². The van der Waals surface area contributed by atoms with Gasteiger partial charge in [0.2, 0.25) is 0 Å². The summed E-state index contributed by atoms with van der Waals surface area (Å²) in [5, 5.41) is 12.1. The van der Waals surface area contributed by atoms with Gasteiger partial charge < -0.3 is 10.1 Å². The third-order valence-corrected chi connectivity index (χ3v) is 4.91. The normalized spacial score (nSPS) is 19.9. The molecule has 0 saturated carbocycles. The van der Waals surface area contributed by atoms with Crippen LogP contribution < -0.4 is 10.1 Å².